The van der Waals surface area contributed by atoms with Crippen LogP contribution in [0.5, 0.6) is 0 Å². The van der Waals surface area contributed by atoms with Gasteiger partial charge in [-0.1, -0.05) is 12.1 Å². The largest absolute Gasteiger partial charge is 0.322 e. The summed E-state index contributed by atoms with van der Waals surface area (Å²) >= 11 is 1.58. The number of aromatic nitrogens is 1. The summed E-state index contributed by atoms with van der Waals surface area (Å²) in [5.41, 5.74) is 3.56. The number of hydrogen-bond donors (Lipinski definition) is 2. The third kappa shape index (κ3) is 3.28. The highest BCUT2D eigenvalue weighted by Crippen LogP contribution is 2.27. The van der Waals surface area contributed by atoms with Gasteiger partial charge in [-0.05, 0) is 60.9 Å². The second-order valence-corrected chi connectivity index (χ2v) is 7.20. The van der Waals surface area contributed by atoms with E-state index in [9.17, 15) is 9.59 Å². The number of thiophene rings is 1. The van der Waals surface area contributed by atoms with E-state index in [0.717, 1.165) is 47.0 Å². The summed E-state index contributed by atoms with van der Waals surface area (Å²) in [6, 6.07) is 9.63. The topological polar surface area (TPSA) is 62.0 Å². The molecule has 0 aliphatic heterocycles. The van der Waals surface area contributed by atoms with Crippen LogP contribution in [0.15, 0.2) is 46.6 Å². The minimum Gasteiger partial charge on any atom is -0.322 e. The van der Waals surface area contributed by atoms with Gasteiger partial charge in [0.25, 0.3) is 5.56 Å². The summed E-state index contributed by atoms with van der Waals surface area (Å²) in [5.74, 6) is -0.187. The molecule has 0 spiro atoms. The molecule has 1 amide bonds. The highest BCUT2D eigenvalue weighted by Gasteiger charge is 2.16. The molecule has 0 bridgehead atoms. The highest BCUT2D eigenvalue weighted by atomic mass is 32.1. The summed E-state index contributed by atoms with van der Waals surface area (Å²) in [4.78, 5) is 28.4. The van der Waals surface area contributed by atoms with E-state index >= 15 is 0 Å². The number of aromatic amines is 1. The first-order valence-corrected chi connectivity index (χ1v) is 9.29. The van der Waals surface area contributed by atoms with E-state index in [1.54, 1.807) is 17.4 Å². The van der Waals surface area contributed by atoms with Gasteiger partial charge in [-0.25, -0.2) is 0 Å². The molecule has 4 nitrogen and oxygen atoms in total. The van der Waals surface area contributed by atoms with Gasteiger partial charge < -0.3 is 10.3 Å². The number of carbonyl (C=O) groups is 1. The van der Waals surface area contributed by atoms with Gasteiger partial charge in [-0.15, -0.1) is 11.3 Å². The Labute approximate surface area is 149 Å². The van der Waals surface area contributed by atoms with Crippen molar-refractivity contribution in [3.8, 4) is 0 Å². The maximum absolute atomic E-state index is 12.3. The van der Waals surface area contributed by atoms with Crippen molar-refractivity contribution in [3.63, 3.8) is 0 Å². The molecule has 4 rings (SSSR count). The SMILES string of the molecule is O=C(/C=C\c1cccs1)Nc1ccc2c3c(c(=O)[nH]c2c1)CCCC3. The zero-order valence-corrected chi connectivity index (χ0v) is 14.5. The molecule has 1 aliphatic rings. The predicted molar refractivity (Wildman–Crippen MR) is 103 cm³/mol. The number of H-pyrrole nitrogens is 1. The van der Waals surface area contributed by atoms with Crippen LogP contribution in [0.3, 0.4) is 0 Å². The van der Waals surface area contributed by atoms with Crippen molar-refractivity contribution in [3.05, 3.63) is 68.1 Å². The molecule has 1 aliphatic carbocycles. The molecule has 0 fully saturated rings. The number of carbonyl (C=O) groups excluding carboxylic acids is 1. The summed E-state index contributed by atoms with van der Waals surface area (Å²) in [7, 11) is 0. The van der Waals surface area contributed by atoms with Crippen molar-refractivity contribution < 1.29 is 4.79 Å². The number of hydrogen-bond acceptors (Lipinski definition) is 3. The zero-order valence-electron chi connectivity index (χ0n) is 13.7. The Kier molecular flexibility index (Phi) is 4.24. The van der Waals surface area contributed by atoms with E-state index in [1.165, 1.54) is 11.6 Å². The van der Waals surface area contributed by atoms with Gasteiger partial charge in [-0.3, -0.25) is 9.59 Å². The molecule has 126 valence electrons. The number of amides is 1. The number of aryl methyl sites for hydroxylation is 1. The summed E-state index contributed by atoms with van der Waals surface area (Å²) in [6.07, 6.45) is 7.31. The lowest BCUT2D eigenvalue weighted by molar-refractivity contribution is -0.111. The molecule has 2 aromatic heterocycles. The average molecular weight is 350 g/mol. The summed E-state index contributed by atoms with van der Waals surface area (Å²) in [6.45, 7) is 0. The average Bonchev–Trinajstić information content (AvgIpc) is 3.14. The first-order chi connectivity index (χ1) is 12.2. The molecule has 0 radical (unpaired) electrons. The molecule has 0 atom stereocenters. The van der Waals surface area contributed by atoms with Gasteiger partial charge >= 0.3 is 0 Å². The number of anilines is 1. The lowest BCUT2D eigenvalue weighted by Gasteiger charge is -2.17. The third-order valence-electron chi connectivity index (χ3n) is 4.54. The molecule has 0 saturated carbocycles. The van der Waals surface area contributed by atoms with Crippen LogP contribution in [0.2, 0.25) is 0 Å². The van der Waals surface area contributed by atoms with Crippen molar-refractivity contribution in [2.45, 2.75) is 25.7 Å². The van der Waals surface area contributed by atoms with E-state index < -0.39 is 0 Å². The van der Waals surface area contributed by atoms with Crippen LogP contribution in [0.25, 0.3) is 17.0 Å². The van der Waals surface area contributed by atoms with Crippen molar-refractivity contribution in [2.75, 3.05) is 5.32 Å². The molecule has 2 N–H and O–H groups in total. The Bertz CT molecular complexity index is 1020. The monoisotopic (exact) mass is 350 g/mol. The van der Waals surface area contributed by atoms with E-state index in [2.05, 4.69) is 10.3 Å². The van der Waals surface area contributed by atoms with Gasteiger partial charge in [0, 0.05) is 27.6 Å². The Balaban J connectivity index is 1.61. The van der Waals surface area contributed by atoms with E-state index in [0.29, 0.717) is 5.69 Å². The summed E-state index contributed by atoms with van der Waals surface area (Å²) in [5, 5.41) is 5.91. The standard InChI is InChI=1S/C20H18N2O2S/c23-19(10-8-14-4-3-11-25-14)21-13-7-9-16-15-5-1-2-6-17(15)20(24)22-18(16)12-13/h3-4,7-12H,1-2,5-6H2,(H,21,23)(H,22,24)/b10-8-. The molecular formula is C20H18N2O2S. The van der Waals surface area contributed by atoms with Crippen molar-refractivity contribution in [1.29, 1.82) is 0 Å². The van der Waals surface area contributed by atoms with E-state index in [-0.39, 0.29) is 11.5 Å². The van der Waals surface area contributed by atoms with Crippen LogP contribution < -0.4 is 10.9 Å². The second kappa shape index (κ2) is 6.69. The van der Waals surface area contributed by atoms with Crippen LogP contribution >= 0.6 is 11.3 Å². The van der Waals surface area contributed by atoms with Crippen LogP contribution in [0.1, 0.15) is 28.8 Å². The Morgan fingerprint density at radius 2 is 2.00 bits per heavy atom. The molecule has 0 saturated heterocycles. The van der Waals surface area contributed by atoms with Gasteiger partial charge in [-0.2, -0.15) is 0 Å². The molecule has 5 heteroatoms. The Hall–Kier alpha value is -2.66. The normalized spacial score (nSPS) is 13.9. The number of pyridine rings is 1. The van der Waals surface area contributed by atoms with Crippen LogP contribution in [0.4, 0.5) is 5.69 Å². The summed E-state index contributed by atoms with van der Waals surface area (Å²) < 4.78 is 0. The number of nitrogens with one attached hydrogen (secondary N) is 2. The number of rotatable bonds is 3. The quantitative estimate of drug-likeness (QED) is 0.698. The first-order valence-electron chi connectivity index (χ1n) is 8.41. The van der Waals surface area contributed by atoms with E-state index in [1.807, 2.05) is 35.7 Å². The van der Waals surface area contributed by atoms with Crippen LogP contribution in [0, 0.1) is 0 Å². The number of fused-ring (bicyclic) bond motifs is 3. The number of benzene rings is 1. The van der Waals surface area contributed by atoms with Crippen molar-refractivity contribution >= 4 is 39.9 Å². The van der Waals surface area contributed by atoms with Gasteiger partial charge in [0.2, 0.25) is 5.91 Å². The smallest absolute Gasteiger partial charge is 0.251 e. The van der Waals surface area contributed by atoms with Crippen molar-refractivity contribution in [2.24, 2.45) is 0 Å². The van der Waals surface area contributed by atoms with Crippen LogP contribution in [-0.4, -0.2) is 10.9 Å². The molecular weight excluding hydrogens is 332 g/mol. The molecule has 25 heavy (non-hydrogen) atoms. The molecule has 2 heterocycles. The Morgan fingerprint density at radius 3 is 2.80 bits per heavy atom. The lowest BCUT2D eigenvalue weighted by atomic mass is 9.90. The predicted octanol–water partition coefficient (Wildman–Crippen LogP) is 4.12. The minimum absolute atomic E-state index is 0.00303. The van der Waals surface area contributed by atoms with Crippen molar-refractivity contribution in [1.82, 2.24) is 4.98 Å². The first kappa shape index (κ1) is 15.8. The fraction of sp³-hybridized carbons (Fsp3) is 0.200. The maximum Gasteiger partial charge on any atom is 0.251 e. The molecule has 3 aromatic rings. The van der Waals surface area contributed by atoms with Gasteiger partial charge in [0.1, 0.15) is 0 Å². The minimum atomic E-state index is -0.187. The second-order valence-electron chi connectivity index (χ2n) is 6.22. The van der Waals surface area contributed by atoms with Crippen LogP contribution in [-0.2, 0) is 17.6 Å². The van der Waals surface area contributed by atoms with Gasteiger partial charge in [0.05, 0.1) is 5.52 Å². The highest BCUT2D eigenvalue weighted by molar-refractivity contribution is 7.10. The van der Waals surface area contributed by atoms with Gasteiger partial charge in [0.15, 0.2) is 0 Å². The fourth-order valence-electron chi connectivity index (χ4n) is 3.37. The Morgan fingerprint density at radius 1 is 1.16 bits per heavy atom. The third-order valence-corrected chi connectivity index (χ3v) is 5.38. The zero-order chi connectivity index (χ0) is 17.2. The molecule has 0 unspecified atom stereocenters. The maximum atomic E-state index is 12.3. The molecule has 1 aromatic carbocycles. The van der Waals surface area contributed by atoms with E-state index in [4.69, 9.17) is 0 Å². The fourth-order valence-corrected chi connectivity index (χ4v) is 3.99. The lowest BCUT2D eigenvalue weighted by Crippen LogP contribution is -2.19.